The van der Waals surface area contributed by atoms with Gasteiger partial charge in [0.2, 0.25) is 5.91 Å². The number of carboxylic acid groups (broad SMARTS) is 1. The van der Waals surface area contributed by atoms with Gasteiger partial charge < -0.3 is 10.4 Å². The highest BCUT2D eigenvalue weighted by Gasteiger charge is 2.19. The number of hydrogen-bond donors (Lipinski definition) is 3. The van der Waals surface area contributed by atoms with Crippen molar-refractivity contribution in [2.45, 2.75) is 46.2 Å². The van der Waals surface area contributed by atoms with Gasteiger partial charge in [0.05, 0.1) is 13.0 Å². The molecule has 110 valence electrons. The summed E-state index contributed by atoms with van der Waals surface area (Å²) < 4.78 is 0. The lowest BCUT2D eigenvalue weighted by atomic mass is 10.2. The molecule has 3 amide bonds. The lowest BCUT2D eigenvalue weighted by Gasteiger charge is -2.25. The molecule has 7 heteroatoms. The summed E-state index contributed by atoms with van der Waals surface area (Å²) in [6.45, 7) is 7.68. The van der Waals surface area contributed by atoms with Crippen molar-refractivity contribution in [1.29, 1.82) is 0 Å². The van der Waals surface area contributed by atoms with E-state index >= 15 is 0 Å². The first kappa shape index (κ1) is 17.4. The third-order valence-corrected chi connectivity index (χ3v) is 2.52. The molecular formula is C12H23N3O4. The summed E-state index contributed by atoms with van der Waals surface area (Å²) in [4.78, 5) is 35.3. The summed E-state index contributed by atoms with van der Waals surface area (Å²) in [7, 11) is 0. The van der Waals surface area contributed by atoms with Crippen LogP contribution in [0.2, 0.25) is 0 Å². The average molecular weight is 273 g/mol. The molecule has 0 aromatic carbocycles. The van der Waals surface area contributed by atoms with Crippen LogP contribution in [-0.2, 0) is 9.59 Å². The van der Waals surface area contributed by atoms with Gasteiger partial charge in [0.25, 0.3) is 0 Å². The van der Waals surface area contributed by atoms with Crippen LogP contribution in [0.15, 0.2) is 0 Å². The maximum absolute atomic E-state index is 11.6. The minimum absolute atomic E-state index is 0.00351. The van der Waals surface area contributed by atoms with Crippen molar-refractivity contribution in [3.8, 4) is 0 Å². The second-order valence-electron chi connectivity index (χ2n) is 4.69. The van der Waals surface area contributed by atoms with Crippen molar-refractivity contribution in [3.63, 3.8) is 0 Å². The lowest BCUT2D eigenvalue weighted by molar-refractivity contribution is -0.138. The van der Waals surface area contributed by atoms with Gasteiger partial charge in [0.15, 0.2) is 0 Å². The monoisotopic (exact) mass is 273 g/mol. The molecule has 1 atom stereocenters. The Morgan fingerprint density at radius 1 is 1.21 bits per heavy atom. The smallest absolute Gasteiger partial charge is 0.321 e. The Bertz CT molecular complexity index is 331. The number of imide groups is 1. The molecule has 0 radical (unpaired) electrons. The third-order valence-electron chi connectivity index (χ3n) is 2.52. The molecule has 0 bridgehead atoms. The summed E-state index contributed by atoms with van der Waals surface area (Å²) in [5.74, 6) is -1.36. The van der Waals surface area contributed by atoms with E-state index in [1.54, 1.807) is 25.7 Å². The van der Waals surface area contributed by atoms with Crippen LogP contribution in [0.3, 0.4) is 0 Å². The van der Waals surface area contributed by atoms with Gasteiger partial charge in [-0.1, -0.05) is 6.92 Å². The van der Waals surface area contributed by atoms with E-state index in [9.17, 15) is 14.4 Å². The molecule has 0 heterocycles. The van der Waals surface area contributed by atoms with Gasteiger partial charge in [-0.2, -0.15) is 0 Å². The van der Waals surface area contributed by atoms with Crippen LogP contribution >= 0.6 is 0 Å². The molecule has 0 spiro atoms. The van der Waals surface area contributed by atoms with E-state index in [0.717, 1.165) is 0 Å². The van der Waals surface area contributed by atoms with Crippen molar-refractivity contribution >= 4 is 17.9 Å². The fourth-order valence-corrected chi connectivity index (χ4v) is 1.61. The predicted octanol–water partition coefficient (Wildman–Crippen LogP) is 0.406. The Morgan fingerprint density at radius 3 is 2.21 bits per heavy atom. The largest absolute Gasteiger partial charge is 0.481 e. The molecule has 0 aliphatic heterocycles. The first-order valence-corrected chi connectivity index (χ1v) is 6.32. The van der Waals surface area contributed by atoms with Crippen LogP contribution in [0.25, 0.3) is 0 Å². The van der Waals surface area contributed by atoms with Crippen LogP contribution < -0.4 is 10.6 Å². The van der Waals surface area contributed by atoms with Crippen molar-refractivity contribution in [2.24, 2.45) is 0 Å². The molecule has 0 saturated heterocycles. The minimum Gasteiger partial charge on any atom is -0.481 e. The first-order chi connectivity index (χ1) is 8.76. The molecule has 1 unspecified atom stereocenters. The fourth-order valence-electron chi connectivity index (χ4n) is 1.61. The van der Waals surface area contributed by atoms with E-state index in [2.05, 4.69) is 10.6 Å². The van der Waals surface area contributed by atoms with Gasteiger partial charge in [0, 0.05) is 12.1 Å². The Labute approximate surface area is 113 Å². The quantitative estimate of drug-likeness (QED) is 0.624. The van der Waals surface area contributed by atoms with Gasteiger partial charge >= 0.3 is 12.0 Å². The van der Waals surface area contributed by atoms with E-state index < -0.39 is 17.9 Å². The van der Waals surface area contributed by atoms with E-state index in [1.165, 1.54) is 0 Å². The third kappa shape index (κ3) is 8.15. The number of likely N-dealkylation sites (N-methyl/N-ethyl adjacent to an activating group) is 1. The molecule has 3 N–H and O–H groups in total. The van der Waals surface area contributed by atoms with Crippen molar-refractivity contribution in [3.05, 3.63) is 0 Å². The number of carbonyl (C=O) groups excluding carboxylic acids is 2. The highest BCUT2D eigenvalue weighted by Crippen LogP contribution is 2.03. The molecule has 0 aliphatic rings. The van der Waals surface area contributed by atoms with E-state index in [0.29, 0.717) is 6.54 Å². The van der Waals surface area contributed by atoms with Crippen molar-refractivity contribution in [1.82, 2.24) is 15.5 Å². The summed E-state index contributed by atoms with van der Waals surface area (Å²) >= 11 is 0. The number of carbonyl (C=O) groups is 3. The van der Waals surface area contributed by atoms with Crippen LogP contribution in [0.4, 0.5) is 4.79 Å². The second-order valence-corrected chi connectivity index (χ2v) is 4.69. The minimum atomic E-state index is -0.913. The molecule has 19 heavy (non-hydrogen) atoms. The topological polar surface area (TPSA) is 98.7 Å². The SMILES string of the molecule is CCN(CC(=O)NC(=O)NC(C)C)C(C)CC(=O)O. The van der Waals surface area contributed by atoms with E-state index in [4.69, 9.17) is 5.11 Å². The summed E-state index contributed by atoms with van der Waals surface area (Å²) in [5.41, 5.74) is 0. The highest BCUT2D eigenvalue weighted by molar-refractivity contribution is 5.95. The molecule has 0 saturated carbocycles. The number of hydrogen-bond acceptors (Lipinski definition) is 4. The molecule has 0 aromatic rings. The van der Waals surface area contributed by atoms with Gasteiger partial charge in [-0.3, -0.25) is 19.8 Å². The van der Waals surface area contributed by atoms with Crippen LogP contribution in [0.1, 0.15) is 34.1 Å². The zero-order valence-corrected chi connectivity index (χ0v) is 11.9. The maximum Gasteiger partial charge on any atom is 0.321 e. The molecule has 0 aromatic heterocycles. The Morgan fingerprint density at radius 2 is 1.79 bits per heavy atom. The Kier molecular flexibility index (Phi) is 7.74. The number of nitrogens with one attached hydrogen (secondary N) is 2. The average Bonchev–Trinajstić information content (AvgIpc) is 2.23. The first-order valence-electron chi connectivity index (χ1n) is 6.32. The number of amides is 3. The number of urea groups is 1. The summed E-state index contributed by atoms with van der Waals surface area (Å²) in [6, 6.07) is -0.857. The molecule has 0 fully saturated rings. The van der Waals surface area contributed by atoms with Gasteiger partial charge in [0.1, 0.15) is 0 Å². The standard InChI is InChI=1S/C12H23N3O4/c1-5-15(9(4)6-11(17)18)7-10(16)14-12(19)13-8(2)3/h8-9H,5-7H2,1-4H3,(H,17,18)(H2,13,14,16,19). The zero-order chi connectivity index (χ0) is 15.0. The number of nitrogens with zero attached hydrogens (tertiary/aromatic N) is 1. The number of carboxylic acids is 1. The van der Waals surface area contributed by atoms with E-state index in [-0.39, 0.29) is 25.0 Å². The van der Waals surface area contributed by atoms with Gasteiger partial charge in [-0.15, -0.1) is 0 Å². The zero-order valence-electron chi connectivity index (χ0n) is 11.9. The van der Waals surface area contributed by atoms with Crippen LogP contribution in [0, 0.1) is 0 Å². The summed E-state index contributed by atoms with van der Waals surface area (Å²) in [6.07, 6.45) is -0.0424. The lowest BCUT2D eigenvalue weighted by Crippen LogP contribution is -2.48. The maximum atomic E-state index is 11.6. The highest BCUT2D eigenvalue weighted by atomic mass is 16.4. The van der Waals surface area contributed by atoms with Crippen molar-refractivity contribution in [2.75, 3.05) is 13.1 Å². The van der Waals surface area contributed by atoms with Gasteiger partial charge in [-0.05, 0) is 27.3 Å². The normalized spacial score (nSPS) is 12.3. The Balaban J connectivity index is 4.27. The van der Waals surface area contributed by atoms with Crippen molar-refractivity contribution < 1.29 is 19.5 Å². The summed E-state index contributed by atoms with van der Waals surface area (Å²) in [5, 5.41) is 13.5. The fraction of sp³-hybridized carbons (Fsp3) is 0.750. The molecule has 7 nitrogen and oxygen atoms in total. The van der Waals surface area contributed by atoms with Crippen LogP contribution in [-0.4, -0.2) is 53.1 Å². The number of aliphatic carboxylic acids is 1. The van der Waals surface area contributed by atoms with Gasteiger partial charge in [-0.25, -0.2) is 4.79 Å². The molecular weight excluding hydrogens is 250 g/mol. The molecule has 0 aliphatic carbocycles. The van der Waals surface area contributed by atoms with E-state index in [1.807, 2.05) is 6.92 Å². The molecule has 0 rings (SSSR count). The Hall–Kier alpha value is -1.63. The number of rotatable bonds is 7. The van der Waals surface area contributed by atoms with Crippen LogP contribution in [0.5, 0.6) is 0 Å². The predicted molar refractivity (Wildman–Crippen MR) is 70.8 cm³/mol. The second kappa shape index (κ2) is 8.47.